The number of rotatable bonds is 6. The molecular weight excluding hydrogens is 256 g/mol. The van der Waals surface area contributed by atoms with Crippen molar-refractivity contribution in [2.24, 2.45) is 5.92 Å². The number of benzene rings is 1. The first-order chi connectivity index (χ1) is 9.65. The van der Waals surface area contributed by atoms with Crippen LogP contribution in [0.25, 0.3) is 0 Å². The fraction of sp³-hybridized carbons (Fsp3) is 0.467. The van der Waals surface area contributed by atoms with E-state index in [4.69, 9.17) is 4.74 Å². The average molecular weight is 276 g/mol. The molecule has 0 saturated heterocycles. The number of carbonyl (C=O) groups is 2. The van der Waals surface area contributed by atoms with Crippen LogP contribution in [0.15, 0.2) is 30.3 Å². The summed E-state index contributed by atoms with van der Waals surface area (Å²) in [6.45, 7) is 2.64. The second-order valence-corrected chi connectivity index (χ2v) is 5.08. The molecule has 2 N–H and O–H groups in total. The summed E-state index contributed by atoms with van der Waals surface area (Å²) in [4.78, 5) is 23.2. The van der Waals surface area contributed by atoms with Crippen molar-refractivity contribution >= 4 is 12.0 Å². The van der Waals surface area contributed by atoms with E-state index in [1.54, 1.807) is 6.92 Å². The Morgan fingerprint density at radius 2 is 1.95 bits per heavy atom. The van der Waals surface area contributed by atoms with Crippen molar-refractivity contribution in [2.75, 3.05) is 6.54 Å². The molecule has 0 aliphatic heterocycles. The number of ether oxygens (including phenoxy) is 1. The summed E-state index contributed by atoms with van der Waals surface area (Å²) in [5.41, 5.74) is 0.982. The van der Waals surface area contributed by atoms with Gasteiger partial charge in [0.2, 0.25) is 0 Å². The third kappa shape index (κ3) is 4.91. The highest BCUT2D eigenvalue weighted by Gasteiger charge is 2.24. The summed E-state index contributed by atoms with van der Waals surface area (Å²) >= 11 is 0. The van der Waals surface area contributed by atoms with Crippen molar-refractivity contribution in [3.05, 3.63) is 35.9 Å². The molecule has 1 saturated carbocycles. The van der Waals surface area contributed by atoms with Gasteiger partial charge < -0.3 is 15.4 Å². The maximum atomic E-state index is 11.7. The van der Waals surface area contributed by atoms with Crippen LogP contribution >= 0.6 is 0 Å². The lowest BCUT2D eigenvalue weighted by molar-refractivity contribution is -0.128. The zero-order chi connectivity index (χ0) is 14.4. The predicted octanol–water partition coefficient (Wildman–Crippen LogP) is 1.83. The van der Waals surface area contributed by atoms with E-state index in [2.05, 4.69) is 10.6 Å². The van der Waals surface area contributed by atoms with Crippen molar-refractivity contribution in [2.45, 2.75) is 32.4 Å². The van der Waals surface area contributed by atoms with Gasteiger partial charge in [-0.1, -0.05) is 30.3 Å². The molecule has 2 amide bonds. The molecule has 5 heteroatoms. The van der Waals surface area contributed by atoms with Gasteiger partial charge in [0.15, 0.2) is 6.10 Å². The lowest BCUT2D eigenvalue weighted by Gasteiger charge is -2.14. The maximum absolute atomic E-state index is 11.7. The highest BCUT2D eigenvalue weighted by atomic mass is 16.6. The molecule has 2 rings (SSSR count). The highest BCUT2D eigenvalue weighted by molar-refractivity contribution is 5.83. The van der Waals surface area contributed by atoms with E-state index >= 15 is 0 Å². The maximum Gasteiger partial charge on any atom is 0.408 e. The zero-order valence-electron chi connectivity index (χ0n) is 11.6. The first kappa shape index (κ1) is 14.4. The van der Waals surface area contributed by atoms with Gasteiger partial charge >= 0.3 is 6.09 Å². The molecule has 0 bridgehead atoms. The quantitative estimate of drug-likeness (QED) is 0.833. The molecule has 0 radical (unpaired) electrons. The minimum Gasteiger partial charge on any atom is -0.436 e. The van der Waals surface area contributed by atoms with Gasteiger partial charge in [-0.05, 0) is 31.2 Å². The van der Waals surface area contributed by atoms with E-state index in [0.717, 1.165) is 5.56 Å². The molecule has 1 fully saturated rings. The first-order valence-electron chi connectivity index (χ1n) is 6.91. The second kappa shape index (κ2) is 6.93. The van der Waals surface area contributed by atoms with E-state index in [1.165, 1.54) is 12.8 Å². The fourth-order valence-electron chi connectivity index (χ4n) is 1.74. The van der Waals surface area contributed by atoms with Crippen molar-refractivity contribution in [3.63, 3.8) is 0 Å². The number of nitrogens with one attached hydrogen (secondary N) is 2. The molecular formula is C15H20N2O3. The SMILES string of the molecule is C[C@H](OC(=O)NCc1ccccc1)C(=O)NCC1CC1. The Hall–Kier alpha value is -2.04. The lowest BCUT2D eigenvalue weighted by Crippen LogP contribution is -2.39. The number of hydrogen-bond acceptors (Lipinski definition) is 3. The van der Waals surface area contributed by atoms with Gasteiger partial charge in [-0.2, -0.15) is 0 Å². The van der Waals surface area contributed by atoms with Crippen LogP contribution in [0.1, 0.15) is 25.3 Å². The molecule has 1 aromatic rings. The van der Waals surface area contributed by atoms with Crippen molar-refractivity contribution in [1.29, 1.82) is 0 Å². The molecule has 0 spiro atoms. The van der Waals surface area contributed by atoms with Gasteiger partial charge in [0, 0.05) is 13.1 Å². The fourth-order valence-corrected chi connectivity index (χ4v) is 1.74. The summed E-state index contributed by atoms with van der Waals surface area (Å²) in [6, 6.07) is 9.53. The molecule has 1 aromatic carbocycles. The van der Waals surface area contributed by atoms with Gasteiger partial charge in [-0.25, -0.2) is 4.79 Å². The molecule has 0 unspecified atom stereocenters. The topological polar surface area (TPSA) is 67.4 Å². The van der Waals surface area contributed by atoms with Gasteiger partial charge in [-0.3, -0.25) is 4.79 Å². The molecule has 0 heterocycles. The van der Waals surface area contributed by atoms with Crippen molar-refractivity contribution in [1.82, 2.24) is 10.6 Å². The van der Waals surface area contributed by atoms with Gasteiger partial charge in [0.25, 0.3) is 5.91 Å². The summed E-state index contributed by atoms with van der Waals surface area (Å²) < 4.78 is 5.02. The summed E-state index contributed by atoms with van der Waals surface area (Å²) in [7, 11) is 0. The van der Waals surface area contributed by atoms with Crippen LogP contribution in [0.5, 0.6) is 0 Å². The van der Waals surface area contributed by atoms with Crippen LogP contribution < -0.4 is 10.6 Å². The van der Waals surface area contributed by atoms with Crippen molar-refractivity contribution < 1.29 is 14.3 Å². The van der Waals surface area contributed by atoms with E-state index in [1.807, 2.05) is 30.3 Å². The number of hydrogen-bond donors (Lipinski definition) is 2. The van der Waals surface area contributed by atoms with Crippen LogP contribution in [-0.4, -0.2) is 24.6 Å². The molecule has 20 heavy (non-hydrogen) atoms. The third-order valence-corrected chi connectivity index (χ3v) is 3.19. The summed E-state index contributed by atoms with van der Waals surface area (Å²) in [5.74, 6) is 0.366. The van der Waals surface area contributed by atoms with Crippen LogP contribution in [0, 0.1) is 5.92 Å². The number of alkyl carbamates (subject to hydrolysis) is 1. The standard InChI is InChI=1S/C15H20N2O3/c1-11(14(18)16-9-13-7-8-13)20-15(19)17-10-12-5-3-2-4-6-12/h2-6,11,13H,7-10H2,1H3,(H,16,18)(H,17,19)/t11-/m0/s1. The minimum absolute atomic E-state index is 0.244. The Balaban J connectivity index is 1.66. The number of amides is 2. The average Bonchev–Trinajstić information content (AvgIpc) is 3.28. The Morgan fingerprint density at radius 3 is 2.60 bits per heavy atom. The van der Waals surface area contributed by atoms with Crippen LogP contribution in [0.2, 0.25) is 0 Å². The van der Waals surface area contributed by atoms with Crippen LogP contribution in [0.4, 0.5) is 4.79 Å². The Morgan fingerprint density at radius 1 is 1.25 bits per heavy atom. The highest BCUT2D eigenvalue weighted by Crippen LogP contribution is 2.27. The lowest BCUT2D eigenvalue weighted by atomic mass is 10.2. The Bertz CT molecular complexity index is 457. The number of carbonyl (C=O) groups excluding carboxylic acids is 2. The van der Waals surface area contributed by atoms with Crippen LogP contribution in [-0.2, 0) is 16.1 Å². The monoisotopic (exact) mass is 276 g/mol. The van der Waals surface area contributed by atoms with Gasteiger partial charge in [0.1, 0.15) is 0 Å². The van der Waals surface area contributed by atoms with E-state index in [9.17, 15) is 9.59 Å². The largest absolute Gasteiger partial charge is 0.436 e. The normalized spacial score (nSPS) is 15.2. The Kier molecular flexibility index (Phi) is 4.98. The van der Waals surface area contributed by atoms with E-state index in [0.29, 0.717) is 19.0 Å². The molecule has 108 valence electrons. The predicted molar refractivity (Wildman–Crippen MR) is 75.0 cm³/mol. The first-order valence-corrected chi connectivity index (χ1v) is 6.91. The van der Waals surface area contributed by atoms with E-state index in [-0.39, 0.29) is 5.91 Å². The van der Waals surface area contributed by atoms with Crippen molar-refractivity contribution in [3.8, 4) is 0 Å². The molecule has 1 atom stereocenters. The smallest absolute Gasteiger partial charge is 0.408 e. The van der Waals surface area contributed by atoms with Gasteiger partial charge in [-0.15, -0.1) is 0 Å². The second-order valence-electron chi connectivity index (χ2n) is 5.08. The molecule has 5 nitrogen and oxygen atoms in total. The third-order valence-electron chi connectivity index (χ3n) is 3.19. The minimum atomic E-state index is -0.774. The zero-order valence-corrected chi connectivity index (χ0v) is 11.6. The summed E-state index contributed by atoms with van der Waals surface area (Å²) in [6.07, 6.45) is 0.993. The van der Waals surface area contributed by atoms with Gasteiger partial charge in [0.05, 0.1) is 0 Å². The Labute approximate surface area is 118 Å². The molecule has 1 aliphatic rings. The van der Waals surface area contributed by atoms with Crippen LogP contribution in [0.3, 0.4) is 0 Å². The molecule has 0 aromatic heterocycles. The van der Waals surface area contributed by atoms with E-state index < -0.39 is 12.2 Å². The molecule has 1 aliphatic carbocycles. The summed E-state index contributed by atoms with van der Waals surface area (Å²) in [5, 5.41) is 5.40.